The molecule has 0 unspecified atom stereocenters. The van der Waals surface area contributed by atoms with E-state index >= 15 is 0 Å². The fourth-order valence-corrected chi connectivity index (χ4v) is 0.440. The van der Waals surface area contributed by atoms with Gasteiger partial charge in [-0.25, -0.2) is 0 Å². The van der Waals surface area contributed by atoms with Crippen LogP contribution < -0.4 is 5.32 Å². The zero-order valence-corrected chi connectivity index (χ0v) is 6.26. The predicted molar refractivity (Wildman–Crippen MR) is 37.4 cm³/mol. The van der Waals surface area contributed by atoms with Gasteiger partial charge < -0.3 is 10.2 Å². The van der Waals surface area contributed by atoms with Crippen LogP contribution >= 0.6 is 0 Å². The van der Waals surface area contributed by atoms with E-state index in [9.17, 15) is 9.59 Å². The van der Waals surface area contributed by atoms with Gasteiger partial charge in [0.1, 0.15) is 0 Å². The maximum atomic E-state index is 10.8. The summed E-state index contributed by atoms with van der Waals surface area (Å²) in [6.07, 6.45) is 0.515. The first-order valence-corrected chi connectivity index (χ1v) is 3.13. The monoisotopic (exact) mass is 144 g/mol. The van der Waals surface area contributed by atoms with Crippen LogP contribution in [-0.4, -0.2) is 37.4 Å². The zero-order valence-electron chi connectivity index (χ0n) is 6.26. The van der Waals surface area contributed by atoms with Gasteiger partial charge in [0.15, 0.2) is 0 Å². The van der Waals surface area contributed by atoms with Crippen LogP contribution in [0.2, 0.25) is 0 Å². The standard InChI is InChI=1S/C6H12N2O2/c1-3-8(2)6(10)4-7-5-9/h5H,3-4H2,1-2H3,(H,7,9). The van der Waals surface area contributed by atoms with E-state index in [0.29, 0.717) is 13.0 Å². The molecule has 4 heteroatoms. The SMILES string of the molecule is CCN(C)C(=O)CNC=O. The lowest BCUT2D eigenvalue weighted by Gasteiger charge is -2.12. The number of rotatable bonds is 4. The first kappa shape index (κ1) is 8.94. The number of amides is 2. The largest absolute Gasteiger partial charge is 0.350 e. The van der Waals surface area contributed by atoms with Crippen LogP contribution in [0.25, 0.3) is 0 Å². The molecule has 0 radical (unpaired) electrons. The highest BCUT2D eigenvalue weighted by Gasteiger charge is 2.03. The smallest absolute Gasteiger partial charge is 0.241 e. The first-order valence-electron chi connectivity index (χ1n) is 3.13. The van der Waals surface area contributed by atoms with Gasteiger partial charge in [-0.2, -0.15) is 0 Å². The highest BCUT2D eigenvalue weighted by molar-refractivity contribution is 5.79. The second kappa shape index (κ2) is 4.78. The van der Waals surface area contributed by atoms with Crippen molar-refractivity contribution in [3.63, 3.8) is 0 Å². The molecule has 2 amide bonds. The van der Waals surface area contributed by atoms with Crippen LogP contribution in [0.3, 0.4) is 0 Å². The second-order valence-corrected chi connectivity index (χ2v) is 1.91. The van der Waals surface area contributed by atoms with Crippen LogP contribution in [0.5, 0.6) is 0 Å². The van der Waals surface area contributed by atoms with Crippen LogP contribution in [0.15, 0.2) is 0 Å². The van der Waals surface area contributed by atoms with E-state index in [-0.39, 0.29) is 12.5 Å². The summed E-state index contributed by atoms with van der Waals surface area (Å²) < 4.78 is 0. The minimum atomic E-state index is -0.0744. The highest BCUT2D eigenvalue weighted by atomic mass is 16.2. The number of carbonyl (C=O) groups excluding carboxylic acids is 2. The fraction of sp³-hybridized carbons (Fsp3) is 0.667. The Morgan fingerprint density at radius 2 is 2.30 bits per heavy atom. The van der Waals surface area contributed by atoms with Crippen LogP contribution in [0.4, 0.5) is 0 Å². The molecule has 0 spiro atoms. The molecular weight excluding hydrogens is 132 g/mol. The third kappa shape index (κ3) is 3.06. The molecule has 0 rings (SSSR count). The van der Waals surface area contributed by atoms with Crippen LogP contribution in [-0.2, 0) is 9.59 Å². The van der Waals surface area contributed by atoms with E-state index in [2.05, 4.69) is 5.32 Å². The molecular formula is C6H12N2O2. The zero-order chi connectivity index (χ0) is 7.98. The molecule has 0 aromatic rings. The number of nitrogens with zero attached hydrogens (tertiary/aromatic N) is 1. The summed E-state index contributed by atoms with van der Waals surface area (Å²) in [6.45, 7) is 2.63. The second-order valence-electron chi connectivity index (χ2n) is 1.91. The lowest BCUT2D eigenvalue weighted by molar-refractivity contribution is -0.129. The summed E-state index contributed by atoms with van der Waals surface area (Å²) >= 11 is 0. The lowest BCUT2D eigenvalue weighted by atomic mass is 10.5. The quantitative estimate of drug-likeness (QED) is 0.526. The number of nitrogens with one attached hydrogen (secondary N) is 1. The number of likely N-dealkylation sites (N-methyl/N-ethyl adjacent to an activating group) is 1. The molecule has 0 saturated heterocycles. The van der Waals surface area contributed by atoms with Gasteiger partial charge >= 0.3 is 0 Å². The molecule has 4 nitrogen and oxygen atoms in total. The Hall–Kier alpha value is -1.06. The van der Waals surface area contributed by atoms with E-state index in [0.717, 1.165) is 0 Å². The molecule has 0 heterocycles. The van der Waals surface area contributed by atoms with Gasteiger partial charge in [-0.05, 0) is 6.92 Å². The third-order valence-corrected chi connectivity index (χ3v) is 1.24. The predicted octanol–water partition coefficient (Wildman–Crippen LogP) is -0.789. The van der Waals surface area contributed by atoms with Crippen molar-refractivity contribution in [3.8, 4) is 0 Å². The molecule has 0 bridgehead atoms. The Morgan fingerprint density at radius 3 is 2.70 bits per heavy atom. The Labute approximate surface area is 60.2 Å². The molecule has 58 valence electrons. The van der Waals surface area contributed by atoms with E-state index in [4.69, 9.17) is 0 Å². The summed E-state index contributed by atoms with van der Waals surface area (Å²) in [5.74, 6) is -0.0744. The van der Waals surface area contributed by atoms with Crippen molar-refractivity contribution < 1.29 is 9.59 Å². The molecule has 0 atom stereocenters. The Kier molecular flexibility index (Phi) is 4.28. The van der Waals surface area contributed by atoms with Crippen molar-refractivity contribution in [2.75, 3.05) is 20.1 Å². The lowest BCUT2D eigenvalue weighted by Crippen LogP contribution is -2.34. The molecule has 0 fully saturated rings. The molecule has 0 saturated carbocycles. The van der Waals surface area contributed by atoms with Crippen molar-refractivity contribution in [1.82, 2.24) is 10.2 Å². The Morgan fingerprint density at radius 1 is 1.70 bits per heavy atom. The van der Waals surface area contributed by atoms with Crippen molar-refractivity contribution in [3.05, 3.63) is 0 Å². The van der Waals surface area contributed by atoms with Gasteiger partial charge in [0.25, 0.3) is 0 Å². The normalized spacial score (nSPS) is 8.60. The van der Waals surface area contributed by atoms with E-state index in [1.54, 1.807) is 7.05 Å². The van der Waals surface area contributed by atoms with Gasteiger partial charge in [0.2, 0.25) is 12.3 Å². The molecule has 0 aliphatic rings. The minimum Gasteiger partial charge on any atom is -0.350 e. The van der Waals surface area contributed by atoms with E-state index in [1.165, 1.54) is 4.90 Å². The molecule has 1 N–H and O–H groups in total. The molecule has 10 heavy (non-hydrogen) atoms. The molecule has 0 aromatic heterocycles. The van der Waals surface area contributed by atoms with E-state index in [1.807, 2.05) is 6.92 Å². The summed E-state index contributed by atoms with van der Waals surface area (Å²) in [7, 11) is 1.69. The number of carbonyl (C=O) groups is 2. The first-order chi connectivity index (χ1) is 4.72. The van der Waals surface area contributed by atoms with Gasteiger partial charge in [-0.15, -0.1) is 0 Å². The third-order valence-electron chi connectivity index (χ3n) is 1.24. The van der Waals surface area contributed by atoms with Crippen molar-refractivity contribution in [2.45, 2.75) is 6.92 Å². The average molecular weight is 144 g/mol. The van der Waals surface area contributed by atoms with Gasteiger partial charge in [0.05, 0.1) is 6.54 Å². The summed E-state index contributed by atoms with van der Waals surface area (Å²) in [5, 5.41) is 2.29. The average Bonchev–Trinajstić information content (AvgIpc) is 1.98. The Balaban J connectivity index is 3.51. The molecule has 0 aliphatic heterocycles. The topological polar surface area (TPSA) is 49.4 Å². The minimum absolute atomic E-state index is 0.0744. The number of hydrogen-bond acceptors (Lipinski definition) is 2. The van der Waals surface area contributed by atoms with Gasteiger partial charge in [-0.3, -0.25) is 9.59 Å². The van der Waals surface area contributed by atoms with Crippen LogP contribution in [0, 0.1) is 0 Å². The summed E-state index contributed by atoms with van der Waals surface area (Å²) in [4.78, 5) is 22.1. The Bertz CT molecular complexity index is 125. The van der Waals surface area contributed by atoms with Gasteiger partial charge in [0, 0.05) is 13.6 Å². The maximum Gasteiger partial charge on any atom is 0.241 e. The van der Waals surface area contributed by atoms with Gasteiger partial charge in [-0.1, -0.05) is 0 Å². The summed E-state index contributed by atoms with van der Waals surface area (Å²) in [6, 6.07) is 0. The van der Waals surface area contributed by atoms with Crippen LogP contribution in [0.1, 0.15) is 6.92 Å². The van der Waals surface area contributed by atoms with Crippen molar-refractivity contribution >= 4 is 12.3 Å². The molecule has 0 aromatic carbocycles. The number of hydrogen-bond donors (Lipinski definition) is 1. The van der Waals surface area contributed by atoms with Crippen molar-refractivity contribution in [1.29, 1.82) is 0 Å². The van der Waals surface area contributed by atoms with Crippen molar-refractivity contribution in [2.24, 2.45) is 0 Å². The fourth-order valence-electron chi connectivity index (χ4n) is 0.440. The highest BCUT2D eigenvalue weighted by Crippen LogP contribution is 1.79. The van der Waals surface area contributed by atoms with E-state index < -0.39 is 0 Å². The molecule has 0 aliphatic carbocycles. The summed E-state index contributed by atoms with van der Waals surface area (Å²) in [5.41, 5.74) is 0. The maximum absolute atomic E-state index is 10.8.